The summed E-state index contributed by atoms with van der Waals surface area (Å²) in [5.74, 6) is -0.430. The van der Waals surface area contributed by atoms with Gasteiger partial charge in [0.15, 0.2) is 11.6 Å². The van der Waals surface area contributed by atoms with E-state index in [4.69, 9.17) is 16.3 Å². The summed E-state index contributed by atoms with van der Waals surface area (Å²) in [7, 11) is 0. The molecule has 152 valence electrons. The highest BCUT2D eigenvalue weighted by molar-refractivity contribution is 7.12. The second-order valence-corrected chi connectivity index (χ2v) is 7.89. The molecule has 0 spiro atoms. The van der Waals surface area contributed by atoms with Gasteiger partial charge in [-0.3, -0.25) is 9.48 Å². The van der Waals surface area contributed by atoms with Crippen molar-refractivity contribution in [3.63, 3.8) is 0 Å². The summed E-state index contributed by atoms with van der Waals surface area (Å²) in [5.41, 5.74) is 2.54. The van der Waals surface area contributed by atoms with E-state index in [9.17, 15) is 9.18 Å². The Hall–Kier alpha value is -3.16. The van der Waals surface area contributed by atoms with E-state index in [1.807, 2.05) is 29.6 Å². The first kappa shape index (κ1) is 20.1. The van der Waals surface area contributed by atoms with Gasteiger partial charge in [0.05, 0.1) is 22.6 Å². The van der Waals surface area contributed by atoms with Gasteiger partial charge in [-0.1, -0.05) is 35.9 Å². The van der Waals surface area contributed by atoms with E-state index in [-0.39, 0.29) is 18.3 Å². The van der Waals surface area contributed by atoms with Crippen molar-refractivity contribution in [1.82, 2.24) is 9.78 Å². The molecule has 4 rings (SSSR count). The standard InChI is InChI=1S/C22H17ClFN3O2S/c23-17-10-25-27(12-17)11-15-5-7-18(8-6-15)26-22(28)21-9-16(14-30-21)13-29-20-4-2-1-3-19(20)24/h1-10,12,14H,11,13H2,(H,26,28). The summed E-state index contributed by atoms with van der Waals surface area (Å²) in [5, 5.41) is 9.44. The predicted octanol–water partition coefficient (Wildman–Crippen LogP) is 5.62. The Bertz CT molecular complexity index is 1160. The zero-order valence-electron chi connectivity index (χ0n) is 15.7. The molecular formula is C22H17ClFN3O2S. The number of amides is 1. The van der Waals surface area contributed by atoms with E-state index in [2.05, 4.69) is 10.4 Å². The van der Waals surface area contributed by atoms with Gasteiger partial charge in [0.2, 0.25) is 0 Å². The first-order valence-electron chi connectivity index (χ1n) is 9.10. The average molecular weight is 442 g/mol. The predicted molar refractivity (Wildman–Crippen MR) is 116 cm³/mol. The summed E-state index contributed by atoms with van der Waals surface area (Å²) < 4.78 is 20.8. The molecule has 2 aromatic carbocycles. The number of para-hydroxylation sites is 1. The first-order valence-corrected chi connectivity index (χ1v) is 10.4. The van der Waals surface area contributed by atoms with Crippen molar-refractivity contribution in [3.05, 3.63) is 99.2 Å². The molecule has 0 saturated heterocycles. The van der Waals surface area contributed by atoms with Gasteiger partial charge in [0.25, 0.3) is 5.91 Å². The van der Waals surface area contributed by atoms with Crippen LogP contribution in [0.2, 0.25) is 5.02 Å². The fourth-order valence-electron chi connectivity index (χ4n) is 2.79. The zero-order valence-corrected chi connectivity index (χ0v) is 17.3. The number of carbonyl (C=O) groups is 1. The van der Waals surface area contributed by atoms with E-state index >= 15 is 0 Å². The summed E-state index contributed by atoms with van der Waals surface area (Å²) in [6, 6.07) is 15.5. The monoisotopic (exact) mass is 441 g/mol. The summed E-state index contributed by atoms with van der Waals surface area (Å²) in [4.78, 5) is 13.1. The summed E-state index contributed by atoms with van der Waals surface area (Å²) in [6.45, 7) is 0.786. The van der Waals surface area contributed by atoms with Crippen LogP contribution in [0.4, 0.5) is 10.1 Å². The average Bonchev–Trinajstić information content (AvgIpc) is 3.38. The Morgan fingerprint density at radius 1 is 1.17 bits per heavy atom. The van der Waals surface area contributed by atoms with Gasteiger partial charge in [-0.15, -0.1) is 11.3 Å². The molecule has 0 radical (unpaired) electrons. The van der Waals surface area contributed by atoms with Crippen LogP contribution in [0.5, 0.6) is 5.75 Å². The quantitative estimate of drug-likeness (QED) is 0.405. The number of hydrogen-bond acceptors (Lipinski definition) is 4. The summed E-state index contributed by atoms with van der Waals surface area (Å²) in [6.07, 6.45) is 3.34. The molecule has 1 amide bonds. The van der Waals surface area contributed by atoms with Gasteiger partial charge >= 0.3 is 0 Å². The lowest BCUT2D eigenvalue weighted by Crippen LogP contribution is -2.10. The van der Waals surface area contributed by atoms with E-state index in [1.165, 1.54) is 17.4 Å². The number of benzene rings is 2. The summed E-state index contributed by atoms with van der Waals surface area (Å²) >= 11 is 7.19. The number of aromatic nitrogens is 2. The van der Waals surface area contributed by atoms with E-state index in [1.54, 1.807) is 41.3 Å². The maximum absolute atomic E-state index is 13.6. The molecule has 1 N–H and O–H groups in total. The number of thiophene rings is 1. The van der Waals surface area contributed by atoms with Crippen LogP contribution in [0.1, 0.15) is 20.8 Å². The minimum atomic E-state index is -0.412. The van der Waals surface area contributed by atoms with Gasteiger partial charge in [0.1, 0.15) is 6.61 Å². The Morgan fingerprint density at radius 3 is 2.70 bits per heavy atom. The van der Waals surface area contributed by atoms with Crippen molar-refractivity contribution < 1.29 is 13.9 Å². The molecule has 4 aromatic rings. The first-order chi connectivity index (χ1) is 14.6. The molecule has 0 aliphatic heterocycles. The number of ether oxygens (including phenoxy) is 1. The van der Waals surface area contributed by atoms with Crippen molar-refractivity contribution >= 4 is 34.5 Å². The molecule has 8 heteroatoms. The topological polar surface area (TPSA) is 56.2 Å². The second kappa shape index (κ2) is 9.11. The molecule has 2 aromatic heterocycles. The van der Waals surface area contributed by atoms with Crippen LogP contribution < -0.4 is 10.1 Å². The number of nitrogens with zero attached hydrogens (tertiary/aromatic N) is 2. The Labute approximate surface area is 181 Å². The van der Waals surface area contributed by atoms with E-state index < -0.39 is 5.82 Å². The van der Waals surface area contributed by atoms with Crippen LogP contribution in [0.3, 0.4) is 0 Å². The minimum absolute atomic E-state index is 0.187. The molecule has 0 aliphatic carbocycles. The van der Waals surface area contributed by atoms with Crippen molar-refractivity contribution in [2.24, 2.45) is 0 Å². The third-order valence-electron chi connectivity index (χ3n) is 4.27. The molecule has 0 atom stereocenters. The van der Waals surface area contributed by atoms with Gasteiger partial charge in [0, 0.05) is 17.4 Å². The molecule has 0 saturated carbocycles. The Morgan fingerprint density at radius 2 is 1.97 bits per heavy atom. The highest BCUT2D eigenvalue weighted by Crippen LogP contribution is 2.21. The van der Waals surface area contributed by atoms with Crippen molar-refractivity contribution in [1.29, 1.82) is 0 Å². The lowest BCUT2D eigenvalue weighted by atomic mass is 10.2. The fourth-order valence-corrected chi connectivity index (χ4v) is 3.74. The maximum atomic E-state index is 13.6. The molecule has 0 unspecified atom stereocenters. The molecule has 0 aliphatic rings. The number of anilines is 1. The smallest absolute Gasteiger partial charge is 0.265 e. The van der Waals surface area contributed by atoms with E-state index in [0.29, 0.717) is 22.1 Å². The second-order valence-electron chi connectivity index (χ2n) is 6.55. The highest BCUT2D eigenvalue weighted by Gasteiger charge is 2.11. The maximum Gasteiger partial charge on any atom is 0.265 e. The Kier molecular flexibility index (Phi) is 6.11. The number of carbonyl (C=O) groups excluding carboxylic acids is 1. The molecule has 30 heavy (non-hydrogen) atoms. The largest absolute Gasteiger partial charge is 0.486 e. The highest BCUT2D eigenvalue weighted by atomic mass is 35.5. The van der Waals surface area contributed by atoms with Crippen LogP contribution in [0.15, 0.2) is 72.4 Å². The van der Waals surface area contributed by atoms with Gasteiger partial charge in [-0.25, -0.2) is 4.39 Å². The van der Waals surface area contributed by atoms with Crippen LogP contribution >= 0.6 is 22.9 Å². The number of nitrogens with one attached hydrogen (secondary N) is 1. The van der Waals surface area contributed by atoms with E-state index in [0.717, 1.165) is 11.1 Å². The van der Waals surface area contributed by atoms with Crippen molar-refractivity contribution in [2.75, 3.05) is 5.32 Å². The molecule has 5 nitrogen and oxygen atoms in total. The van der Waals surface area contributed by atoms with Crippen molar-refractivity contribution in [2.45, 2.75) is 13.2 Å². The van der Waals surface area contributed by atoms with Gasteiger partial charge in [-0.2, -0.15) is 5.10 Å². The lowest BCUT2D eigenvalue weighted by molar-refractivity contribution is 0.103. The van der Waals surface area contributed by atoms with Crippen molar-refractivity contribution in [3.8, 4) is 5.75 Å². The molecular weight excluding hydrogens is 425 g/mol. The third-order valence-corrected chi connectivity index (χ3v) is 5.44. The lowest BCUT2D eigenvalue weighted by Gasteiger charge is -2.06. The van der Waals surface area contributed by atoms with Crippen LogP contribution in [-0.2, 0) is 13.2 Å². The molecule has 0 fully saturated rings. The van der Waals surface area contributed by atoms with Gasteiger partial charge in [-0.05, 0) is 41.3 Å². The molecule has 2 heterocycles. The number of halogens is 2. The van der Waals surface area contributed by atoms with Gasteiger partial charge < -0.3 is 10.1 Å². The number of hydrogen-bond donors (Lipinski definition) is 1. The zero-order chi connectivity index (χ0) is 20.9. The van der Waals surface area contributed by atoms with Crippen LogP contribution in [0.25, 0.3) is 0 Å². The molecule has 0 bridgehead atoms. The Balaban J connectivity index is 1.33. The normalized spacial score (nSPS) is 10.7. The third kappa shape index (κ3) is 5.06. The van der Waals surface area contributed by atoms with Crippen LogP contribution in [-0.4, -0.2) is 15.7 Å². The fraction of sp³-hybridized carbons (Fsp3) is 0.0909. The van der Waals surface area contributed by atoms with Crippen LogP contribution in [0, 0.1) is 5.82 Å². The number of rotatable bonds is 7. The SMILES string of the molecule is O=C(Nc1ccc(Cn2cc(Cl)cn2)cc1)c1cc(COc2ccccc2F)cs1. The minimum Gasteiger partial charge on any atom is -0.486 e.